The van der Waals surface area contributed by atoms with Crippen LogP contribution >= 0.6 is 0 Å². The summed E-state index contributed by atoms with van der Waals surface area (Å²) in [4.78, 5) is 60.2. The second-order valence-corrected chi connectivity index (χ2v) is 13.2. The van der Waals surface area contributed by atoms with Crippen LogP contribution in [0, 0.1) is 12.8 Å². The molecule has 288 valence electrons. The van der Waals surface area contributed by atoms with Crippen molar-refractivity contribution in [2.24, 2.45) is 5.92 Å². The Morgan fingerprint density at radius 2 is 1.69 bits per heavy atom. The van der Waals surface area contributed by atoms with Gasteiger partial charge in [-0.05, 0) is 63.9 Å². The van der Waals surface area contributed by atoms with Crippen molar-refractivity contribution in [1.82, 2.24) is 25.3 Å². The van der Waals surface area contributed by atoms with Gasteiger partial charge < -0.3 is 36.1 Å². The number of imide groups is 1. The van der Waals surface area contributed by atoms with Crippen LogP contribution in [-0.2, 0) is 30.5 Å². The second-order valence-electron chi connectivity index (χ2n) is 13.2. The molecule has 2 fully saturated rings. The zero-order valence-corrected chi connectivity index (χ0v) is 31.5. The smallest absolute Gasteiger partial charge is 0.230 e. The number of anilines is 2. The summed E-state index contributed by atoms with van der Waals surface area (Å²) in [6.07, 6.45) is 6.47. The Balaban J connectivity index is 0.000000516. The molecule has 0 aromatic heterocycles. The average Bonchev–Trinajstić information content (AvgIpc) is 3.12. The van der Waals surface area contributed by atoms with E-state index in [2.05, 4.69) is 46.2 Å². The molecule has 2 saturated heterocycles. The van der Waals surface area contributed by atoms with Crippen molar-refractivity contribution < 1.29 is 33.4 Å². The molecular weight excluding hydrogens is 666 g/mol. The van der Waals surface area contributed by atoms with E-state index in [1.807, 2.05) is 43.3 Å². The number of aldehydes is 1. The van der Waals surface area contributed by atoms with Gasteiger partial charge in [-0.2, -0.15) is 0 Å². The molecule has 0 radical (unpaired) electrons. The van der Waals surface area contributed by atoms with Crippen molar-refractivity contribution in [1.29, 1.82) is 0 Å². The van der Waals surface area contributed by atoms with Gasteiger partial charge in [-0.25, -0.2) is 0 Å². The Kier molecular flexibility index (Phi) is 20.8. The first kappa shape index (κ1) is 43.8. The topological polar surface area (TPSA) is 176 Å². The molecule has 14 nitrogen and oxygen atoms in total. The lowest BCUT2D eigenvalue weighted by molar-refractivity contribution is -0.125. The molecule has 1 atom stereocenters. The van der Waals surface area contributed by atoms with Gasteiger partial charge in [0.15, 0.2) is 0 Å². The number of nitrogens with two attached hydrogens (primary N) is 1. The number of piperidine rings is 1. The van der Waals surface area contributed by atoms with Gasteiger partial charge in [-0.1, -0.05) is 31.5 Å². The fourth-order valence-electron chi connectivity index (χ4n) is 5.96. The van der Waals surface area contributed by atoms with Crippen molar-refractivity contribution >= 4 is 42.8 Å². The number of nitrogens with one attached hydrogen (secondary N) is 3. The number of likely N-dealkylation sites (tertiary alicyclic amines) is 2. The monoisotopic (exact) mass is 725 g/mol. The third-order valence-corrected chi connectivity index (χ3v) is 9.31. The summed E-state index contributed by atoms with van der Waals surface area (Å²) in [6, 6.07) is 11.9. The van der Waals surface area contributed by atoms with Crippen LogP contribution in [-0.4, -0.2) is 125 Å². The highest BCUT2D eigenvalue weighted by atomic mass is 16.5. The predicted octanol–water partition coefficient (Wildman–Crippen LogP) is 2.69. The van der Waals surface area contributed by atoms with Crippen molar-refractivity contribution in [2.45, 2.75) is 65.1 Å². The average molecular weight is 726 g/mol. The van der Waals surface area contributed by atoms with Crippen LogP contribution in [0.25, 0.3) is 0 Å². The largest absolute Gasteiger partial charge is 0.495 e. The fourth-order valence-corrected chi connectivity index (χ4v) is 5.96. The van der Waals surface area contributed by atoms with Crippen LogP contribution < -0.4 is 26.4 Å². The number of rotatable bonds is 19. The Morgan fingerprint density at radius 1 is 1.02 bits per heavy atom. The molecule has 2 aliphatic rings. The summed E-state index contributed by atoms with van der Waals surface area (Å²) in [5.74, 6) is 0.712. The van der Waals surface area contributed by atoms with E-state index in [1.54, 1.807) is 12.4 Å². The van der Waals surface area contributed by atoms with Crippen molar-refractivity contribution in [3.8, 4) is 5.75 Å². The quantitative estimate of drug-likeness (QED) is 0.0952. The molecule has 52 heavy (non-hydrogen) atoms. The standard InChI is InChI=1S/C28H45N5O4.C8H11NO.C2H3NO2/c1-4-6-22(2)31(3)19-26-23(20-34)7-5-8-27(26)30-28(36)24-17-33(18-24)14-16-37-15-13-32-11-9-25(10-12-32)29-21-35;1-6-3-4-7(9)8(5-6)10-2;4-1-3-2-5/h5,7-8,20-22,24-25H,4,6,9-19H2,1-3H3,(H,29,35)(H,30,36);3-5H,9H2,1-2H3;1-2H,(H,3,4,5). The van der Waals surface area contributed by atoms with Gasteiger partial charge in [0.05, 0.1) is 31.9 Å². The number of aryl methyl sites for hydroxylation is 1. The zero-order chi connectivity index (χ0) is 38.3. The maximum atomic E-state index is 12.9. The van der Waals surface area contributed by atoms with E-state index < -0.39 is 0 Å². The van der Waals surface area contributed by atoms with Crippen LogP contribution in [0.4, 0.5) is 11.4 Å². The highest BCUT2D eigenvalue weighted by Gasteiger charge is 2.32. The summed E-state index contributed by atoms with van der Waals surface area (Å²) in [6.45, 7) is 13.5. The van der Waals surface area contributed by atoms with Crippen molar-refractivity contribution in [3.63, 3.8) is 0 Å². The molecule has 0 aliphatic carbocycles. The Hall–Kier alpha value is -4.37. The van der Waals surface area contributed by atoms with Gasteiger partial charge in [0.2, 0.25) is 25.1 Å². The van der Waals surface area contributed by atoms with Crippen LogP contribution in [0.1, 0.15) is 61.0 Å². The zero-order valence-electron chi connectivity index (χ0n) is 31.5. The van der Waals surface area contributed by atoms with Crippen molar-refractivity contribution in [3.05, 3.63) is 53.1 Å². The Morgan fingerprint density at radius 3 is 2.25 bits per heavy atom. The van der Waals surface area contributed by atoms with E-state index in [-0.39, 0.29) is 11.8 Å². The van der Waals surface area contributed by atoms with Crippen LogP contribution in [0.5, 0.6) is 5.75 Å². The number of nitrogens with zero attached hydrogens (tertiary/aromatic N) is 3. The number of amides is 4. The summed E-state index contributed by atoms with van der Waals surface area (Å²) >= 11 is 0. The Labute approximate surface area is 308 Å². The number of nitrogen functional groups attached to an aromatic ring is 1. The molecule has 2 aliphatic heterocycles. The lowest BCUT2D eigenvalue weighted by atomic mass is 9.98. The fraction of sp³-hybridized carbons (Fsp3) is 0.553. The molecule has 2 aromatic carbocycles. The number of carbonyl (C=O) groups excluding carboxylic acids is 5. The molecule has 0 bridgehead atoms. The van der Waals surface area contributed by atoms with Crippen molar-refractivity contribution in [2.75, 3.05) is 77.7 Å². The molecule has 4 amide bonds. The van der Waals surface area contributed by atoms with Gasteiger partial charge >= 0.3 is 0 Å². The number of benzene rings is 2. The van der Waals surface area contributed by atoms with Gasteiger partial charge in [0.25, 0.3) is 0 Å². The first-order valence-electron chi connectivity index (χ1n) is 17.9. The first-order valence-corrected chi connectivity index (χ1v) is 17.9. The maximum Gasteiger partial charge on any atom is 0.230 e. The van der Waals surface area contributed by atoms with Gasteiger partial charge in [-0.15, -0.1) is 0 Å². The van der Waals surface area contributed by atoms with E-state index in [0.717, 1.165) is 100 Å². The van der Waals surface area contributed by atoms with Gasteiger partial charge in [0, 0.05) is 74.7 Å². The molecule has 5 N–H and O–H groups in total. The molecular formula is C38H59N7O7. The third kappa shape index (κ3) is 15.5. The number of methoxy groups -OCH3 is 1. The lowest BCUT2D eigenvalue weighted by Crippen LogP contribution is -2.53. The molecule has 1 unspecified atom stereocenters. The van der Waals surface area contributed by atoms with Crippen LogP contribution in [0.15, 0.2) is 36.4 Å². The molecule has 14 heteroatoms. The van der Waals surface area contributed by atoms with Crippen LogP contribution in [0.2, 0.25) is 0 Å². The minimum Gasteiger partial charge on any atom is -0.495 e. The Bertz CT molecular complexity index is 1380. The number of hydrogen-bond acceptors (Lipinski definition) is 11. The minimum absolute atomic E-state index is 0.0122. The minimum atomic E-state index is -0.0502. The van der Waals surface area contributed by atoms with E-state index in [9.17, 15) is 14.4 Å². The number of ether oxygens (including phenoxy) is 2. The van der Waals surface area contributed by atoms with Gasteiger partial charge in [0.1, 0.15) is 12.0 Å². The van der Waals surface area contributed by atoms with Gasteiger partial charge in [-0.3, -0.25) is 33.8 Å². The molecule has 2 heterocycles. The third-order valence-electron chi connectivity index (χ3n) is 9.31. The predicted molar refractivity (Wildman–Crippen MR) is 203 cm³/mol. The van der Waals surface area contributed by atoms with Crippen LogP contribution in [0.3, 0.4) is 0 Å². The highest BCUT2D eigenvalue weighted by Crippen LogP contribution is 2.25. The van der Waals surface area contributed by atoms with E-state index in [4.69, 9.17) is 24.8 Å². The maximum absolute atomic E-state index is 12.9. The first-order chi connectivity index (χ1) is 25.1. The SMILES string of the molecule is CCCC(C)N(C)Cc1c(C=O)cccc1NC(=O)C1CN(CCOCCN2CCC(NC=O)CC2)C1.COc1cc(C)ccc1N.O=CNC=O. The highest BCUT2D eigenvalue weighted by molar-refractivity contribution is 5.95. The summed E-state index contributed by atoms with van der Waals surface area (Å²) in [5, 5.41) is 7.71. The van der Waals surface area contributed by atoms with E-state index in [1.165, 1.54) is 0 Å². The second kappa shape index (κ2) is 24.8. The summed E-state index contributed by atoms with van der Waals surface area (Å²) in [7, 11) is 3.68. The molecule has 0 spiro atoms. The molecule has 0 saturated carbocycles. The molecule has 4 rings (SSSR count). The normalized spacial score (nSPS) is 15.4. The number of hydrogen-bond donors (Lipinski definition) is 4. The lowest BCUT2D eigenvalue weighted by Gasteiger charge is -2.38. The summed E-state index contributed by atoms with van der Waals surface area (Å²) in [5.41, 5.74) is 9.66. The van der Waals surface area contributed by atoms with E-state index in [0.29, 0.717) is 55.9 Å². The number of carbonyl (C=O) groups is 5. The summed E-state index contributed by atoms with van der Waals surface area (Å²) < 4.78 is 10.8. The van der Waals surface area contributed by atoms with E-state index >= 15 is 0 Å². The molecule has 2 aromatic rings.